The molecule has 2 unspecified atom stereocenters. The van der Waals surface area contributed by atoms with Crippen LogP contribution in [0.4, 0.5) is 0 Å². The summed E-state index contributed by atoms with van der Waals surface area (Å²) in [6.45, 7) is 1.46. The van der Waals surface area contributed by atoms with Crippen LogP contribution in [0.1, 0.15) is 41.3 Å². The molecule has 0 aliphatic heterocycles. The molecular formula is C27H25NO8. The molecule has 0 bridgehead atoms. The fourth-order valence-electron chi connectivity index (χ4n) is 6.08. The normalized spacial score (nSPS) is 29.3. The predicted molar refractivity (Wildman–Crippen MR) is 127 cm³/mol. The summed E-state index contributed by atoms with van der Waals surface area (Å²) in [4.78, 5) is 50.0. The zero-order valence-corrected chi connectivity index (χ0v) is 19.4. The second kappa shape index (κ2) is 8.11. The molecule has 0 spiro atoms. The van der Waals surface area contributed by atoms with Crippen LogP contribution in [0, 0.1) is 17.8 Å². The molecule has 2 aromatic carbocycles. The first kappa shape index (κ1) is 23.9. The summed E-state index contributed by atoms with van der Waals surface area (Å²) in [6, 6.07) is 9.92. The van der Waals surface area contributed by atoms with E-state index in [0.717, 1.165) is 5.56 Å². The lowest BCUT2D eigenvalue weighted by Gasteiger charge is -2.48. The molecule has 6 N–H and O–H groups in total. The van der Waals surface area contributed by atoms with Crippen molar-refractivity contribution < 1.29 is 39.6 Å². The third-order valence-corrected chi connectivity index (χ3v) is 7.87. The summed E-state index contributed by atoms with van der Waals surface area (Å²) >= 11 is 0. The van der Waals surface area contributed by atoms with Crippen molar-refractivity contribution in [2.24, 2.45) is 23.5 Å². The minimum atomic E-state index is -2.61. The van der Waals surface area contributed by atoms with Crippen molar-refractivity contribution in [3.8, 4) is 16.9 Å². The summed E-state index contributed by atoms with van der Waals surface area (Å²) in [7, 11) is 0. The topological polar surface area (TPSA) is 175 Å². The Balaban J connectivity index is 1.64. The Kier molecular flexibility index (Phi) is 5.38. The number of aliphatic hydroxyl groups excluding tert-OH is 2. The number of carbonyl (C=O) groups excluding carboxylic acids is 4. The first-order chi connectivity index (χ1) is 17.0. The first-order valence-electron chi connectivity index (χ1n) is 11.6. The van der Waals surface area contributed by atoms with Gasteiger partial charge in [0.05, 0.1) is 11.7 Å². The van der Waals surface area contributed by atoms with E-state index in [2.05, 4.69) is 0 Å². The van der Waals surface area contributed by atoms with Crippen LogP contribution in [0.5, 0.6) is 5.75 Å². The van der Waals surface area contributed by atoms with Crippen molar-refractivity contribution in [1.29, 1.82) is 0 Å². The molecule has 36 heavy (non-hydrogen) atoms. The first-order valence-corrected chi connectivity index (χ1v) is 11.6. The van der Waals surface area contributed by atoms with Gasteiger partial charge >= 0.3 is 0 Å². The van der Waals surface area contributed by atoms with Gasteiger partial charge in [0, 0.05) is 17.1 Å². The van der Waals surface area contributed by atoms with Crippen molar-refractivity contribution in [3.05, 3.63) is 58.7 Å². The van der Waals surface area contributed by atoms with E-state index in [4.69, 9.17) is 5.73 Å². The Hall–Kier alpha value is -3.82. The molecule has 186 valence electrons. The number of aromatic hydroxyl groups is 1. The maximum atomic E-state index is 13.6. The molecule has 2 fully saturated rings. The Morgan fingerprint density at radius 3 is 2.31 bits per heavy atom. The van der Waals surface area contributed by atoms with E-state index in [0.29, 0.717) is 16.7 Å². The minimum Gasteiger partial charge on any atom is -0.507 e. The third kappa shape index (κ3) is 3.23. The number of Topliss-reactive ketones (excluding diaryl/α,β-unsaturated/α-hetero) is 3. The van der Waals surface area contributed by atoms with Crippen molar-refractivity contribution >= 4 is 29.0 Å². The molecular weight excluding hydrogens is 466 g/mol. The van der Waals surface area contributed by atoms with E-state index in [1.54, 1.807) is 30.3 Å². The van der Waals surface area contributed by atoms with Gasteiger partial charge in [-0.25, -0.2) is 0 Å². The van der Waals surface area contributed by atoms with E-state index >= 15 is 0 Å². The SMILES string of the molecule is CC(=O)c1ccc(-c2ccc(O)c3c2C[C@H]2C[C@H]4CC(O)C(C(N)=O)C(=O)[C@@]4(O)C(=O)C2=C3O)cc1. The number of carbonyl (C=O) groups is 4. The van der Waals surface area contributed by atoms with Crippen LogP contribution in [-0.2, 0) is 20.8 Å². The number of amides is 1. The number of phenols is 1. The summed E-state index contributed by atoms with van der Waals surface area (Å²) in [5.41, 5.74) is 5.02. The van der Waals surface area contributed by atoms with Gasteiger partial charge < -0.3 is 26.2 Å². The number of hydrogen-bond donors (Lipinski definition) is 5. The predicted octanol–water partition coefficient (Wildman–Crippen LogP) is 1.46. The van der Waals surface area contributed by atoms with Gasteiger partial charge in [0.1, 0.15) is 17.4 Å². The lowest BCUT2D eigenvalue weighted by Crippen LogP contribution is -2.66. The van der Waals surface area contributed by atoms with Gasteiger partial charge in [-0.1, -0.05) is 30.3 Å². The number of fused-ring (bicyclic) bond motifs is 3. The fourth-order valence-corrected chi connectivity index (χ4v) is 6.08. The molecule has 0 aromatic heterocycles. The van der Waals surface area contributed by atoms with Crippen LogP contribution in [0.3, 0.4) is 0 Å². The zero-order chi connectivity index (χ0) is 26.1. The zero-order valence-electron chi connectivity index (χ0n) is 19.4. The molecule has 0 radical (unpaired) electrons. The highest BCUT2D eigenvalue weighted by Gasteiger charge is 2.63. The molecule has 3 aliphatic carbocycles. The highest BCUT2D eigenvalue weighted by molar-refractivity contribution is 6.24. The third-order valence-electron chi connectivity index (χ3n) is 7.87. The van der Waals surface area contributed by atoms with E-state index in [-0.39, 0.29) is 41.9 Å². The second-order valence-corrected chi connectivity index (χ2v) is 9.86. The van der Waals surface area contributed by atoms with Gasteiger partial charge in [-0.05, 0) is 54.9 Å². The second-order valence-electron chi connectivity index (χ2n) is 9.86. The lowest BCUT2D eigenvalue weighted by molar-refractivity contribution is -0.174. The van der Waals surface area contributed by atoms with E-state index in [9.17, 15) is 39.6 Å². The molecule has 5 rings (SSSR count). The molecule has 3 aliphatic rings. The molecule has 5 atom stereocenters. The quantitative estimate of drug-likeness (QED) is 0.317. The van der Waals surface area contributed by atoms with Crippen LogP contribution in [0.25, 0.3) is 16.9 Å². The van der Waals surface area contributed by atoms with Crippen molar-refractivity contribution in [2.75, 3.05) is 0 Å². The maximum Gasteiger partial charge on any atom is 0.230 e. The molecule has 9 heteroatoms. The van der Waals surface area contributed by atoms with Crippen LogP contribution in [0.2, 0.25) is 0 Å². The van der Waals surface area contributed by atoms with Crippen LogP contribution in [-0.4, -0.2) is 55.4 Å². The van der Waals surface area contributed by atoms with Gasteiger partial charge in [-0.15, -0.1) is 0 Å². The number of nitrogens with two attached hydrogens (primary N) is 1. The van der Waals surface area contributed by atoms with Gasteiger partial charge in [0.2, 0.25) is 11.7 Å². The number of ketones is 3. The fraction of sp³-hybridized carbons (Fsp3) is 0.333. The molecule has 2 aromatic rings. The molecule has 0 saturated heterocycles. The largest absolute Gasteiger partial charge is 0.507 e. The number of phenolic OH excluding ortho intramolecular Hbond substituents is 1. The van der Waals surface area contributed by atoms with Crippen molar-refractivity contribution in [1.82, 2.24) is 0 Å². The van der Waals surface area contributed by atoms with Crippen LogP contribution in [0.15, 0.2) is 42.0 Å². The average molecular weight is 491 g/mol. The molecule has 2 saturated carbocycles. The number of primary amides is 1. The number of benzene rings is 2. The van der Waals surface area contributed by atoms with E-state index < -0.39 is 52.7 Å². The Morgan fingerprint density at radius 1 is 1.03 bits per heavy atom. The Labute approximate surface area is 205 Å². The van der Waals surface area contributed by atoms with Crippen molar-refractivity contribution in [3.63, 3.8) is 0 Å². The molecule has 1 amide bonds. The minimum absolute atomic E-state index is 0.0274. The summed E-state index contributed by atoms with van der Waals surface area (Å²) in [5.74, 6) is -7.55. The summed E-state index contributed by atoms with van der Waals surface area (Å²) < 4.78 is 0. The summed E-state index contributed by atoms with van der Waals surface area (Å²) in [6.07, 6.45) is -1.30. The van der Waals surface area contributed by atoms with Gasteiger partial charge in [0.25, 0.3) is 0 Å². The lowest BCUT2D eigenvalue weighted by atomic mass is 9.56. The number of aliphatic hydroxyl groups is 3. The molecule has 9 nitrogen and oxygen atoms in total. The Morgan fingerprint density at radius 2 is 1.69 bits per heavy atom. The summed E-state index contributed by atoms with van der Waals surface area (Å²) in [5, 5.41) is 43.5. The van der Waals surface area contributed by atoms with E-state index in [1.807, 2.05) is 0 Å². The van der Waals surface area contributed by atoms with Crippen LogP contribution >= 0.6 is 0 Å². The monoisotopic (exact) mass is 491 g/mol. The number of hydrogen-bond acceptors (Lipinski definition) is 8. The standard InChI is InChI=1S/C27H25NO8/c1-11(29)12-2-4-13(5-3-12)16-6-7-18(30)21-17(16)9-14-8-15-10-19(31)22(26(28)35)25(34)27(15,36)24(33)20(14)23(21)32/h2-7,14-15,19,22,30-32,36H,8-10H2,1H3,(H2,28,35)/t14-,15+,19?,22?,27+/m1/s1. The molecule has 0 heterocycles. The Bertz CT molecular complexity index is 1370. The van der Waals surface area contributed by atoms with Crippen LogP contribution < -0.4 is 5.73 Å². The van der Waals surface area contributed by atoms with Gasteiger partial charge in [-0.2, -0.15) is 0 Å². The number of rotatable bonds is 3. The van der Waals surface area contributed by atoms with Crippen molar-refractivity contribution in [2.45, 2.75) is 37.9 Å². The maximum absolute atomic E-state index is 13.6. The van der Waals surface area contributed by atoms with Gasteiger partial charge in [-0.3, -0.25) is 19.2 Å². The van der Waals surface area contributed by atoms with Gasteiger partial charge in [0.15, 0.2) is 17.2 Å². The highest BCUT2D eigenvalue weighted by Crippen LogP contribution is 2.52. The van der Waals surface area contributed by atoms with E-state index in [1.165, 1.54) is 13.0 Å². The average Bonchev–Trinajstić information content (AvgIpc) is 2.81. The highest BCUT2D eigenvalue weighted by atomic mass is 16.3. The smallest absolute Gasteiger partial charge is 0.230 e.